The molecule has 0 aliphatic carbocycles. The van der Waals surface area contributed by atoms with Gasteiger partial charge in [0.25, 0.3) is 5.56 Å². The molecule has 2 heterocycles. The Morgan fingerprint density at radius 2 is 2.00 bits per heavy atom. The Labute approximate surface area is 169 Å². The van der Waals surface area contributed by atoms with Crippen LogP contribution in [0.15, 0.2) is 34.2 Å². The van der Waals surface area contributed by atoms with Crippen LogP contribution in [-0.4, -0.2) is 48.3 Å². The van der Waals surface area contributed by atoms with Gasteiger partial charge in [-0.25, -0.2) is 9.78 Å². The Bertz CT molecular complexity index is 1120. The number of carboxylic acid groups (broad SMARTS) is 1. The summed E-state index contributed by atoms with van der Waals surface area (Å²) in [5.41, 5.74) is 7.69. The second-order valence-corrected chi connectivity index (χ2v) is 7.48. The first-order valence-electron chi connectivity index (χ1n) is 8.69. The molecule has 0 bridgehead atoms. The van der Waals surface area contributed by atoms with Crippen molar-refractivity contribution in [3.05, 3.63) is 45.7 Å². The zero-order valence-electron chi connectivity index (χ0n) is 15.8. The van der Waals surface area contributed by atoms with Gasteiger partial charge in [-0.3, -0.25) is 19.1 Å². The van der Waals surface area contributed by atoms with Crippen LogP contribution in [0.5, 0.6) is 0 Å². The van der Waals surface area contributed by atoms with Crippen molar-refractivity contribution in [1.82, 2.24) is 24.8 Å². The molecular formula is C18H20N6O4S. The van der Waals surface area contributed by atoms with Gasteiger partial charge in [0, 0.05) is 12.7 Å². The summed E-state index contributed by atoms with van der Waals surface area (Å²) in [5, 5.41) is 12.1. The molecule has 10 nitrogen and oxygen atoms in total. The maximum atomic E-state index is 12.2. The lowest BCUT2D eigenvalue weighted by Gasteiger charge is -2.13. The molecule has 11 heteroatoms. The lowest BCUT2D eigenvalue weighted by Crippen LogP contribution is -2.41. The number of amides is 1. The predicted octanol–water partition coefficient (Wildman–Crippen LogP) is 0.740. The van der Waals surface area contributed by atoms with Crippen molar-refractivity contribution >= 4 is 40.8 Å². The first-order chi connectivity index (χ1) is 13.7. The molecular weight excluding hydrogens is 396 g/mol. The lowest BCUT2D eigenvalue weighted by atomic mass is 10.1. The van der Waals surface area contributed by atoms with Crippen molar-refractivity contribution in [2.24, 2.45) is 0 Å². The zero-order valence-corrected chi connectivity index (χ0v) is 16.6. The van der Waals surface area contributed by atoms with Crippen LogP contribution >= 0.6 is 11.8 Å². The third kappa shape index (κ3) is 4.74. The average Bonchev–Trinajstić information content (AvgIpc) is 2.98. The highest BCUT2D eigenvalue weighted by molar-refractivity contribution is 7.99. The minimum atomic E-state index is -1.16. The Morgan fingerprint density at radius 3 is 2.62 bits per heavy atom. The SMILES string of the molecule is CC(=O)N[C@@H](CSc1nc2c(=O)[nH]c(N)nc2n1Cc1ccc(C)cc1)C(=O)O. The van der Waals surface area contributed by atoms with Crippen LogP contribution in [0.25, 0.3) is 11.2 Å². The summed E-state index contributed by atoms with van der Waals surface area (Å²) < 4.78 is 1.71. The van der Waals surface area contributed by atoms with Crippen molar-refractivity contribution in [3.63, 3.8) is 0 Å². The lowest BCUT2D eigenvalue weighted by molar-refractivity contribution is -0.140. The van der Waals surface area contributed by atoms with Crippen LogP contribution in [0, 0.1) is 6.92 Å². The van der Waals surface area contributed by atoms with Crippen LogP contribution in [0.3, 0.4) is 0 Å². The number of anilines is 1. The number of aromatic nitrogens is 4. The first kappa shape index (κ1) is 20.4. The summed E-state index contributed by atoms with van der Waals surface area (Å²) in [6.45, 7) is 3.60. The van der Waals surface area contributed by atoms with E-state index in [0.29, 0.717) is 17.3 Å². The number of thioether (sulfide) groups is 1. The molecule has 0 saturated heterocycles. The van der Waals surface area contributed by atoms with E-state index in [2.05, 4.69) is 20.3 Å². The number of aliphatic carboxylic acids is 1. The molecule has 1 amide bonds. The number of carbonyl (C=O) groups is 2. The molecule has 5 N–H and O–H groups in total. The number of imidazole rings is 1. The number of aromatic amines is 1. The van der Waals surface area contributed by atoms with Gasteiger partial charge in [0.2, 0.25) is 11.9 Å². The summed E-state index contributed by atoms with van der Waals surface area (Å²) in [4.78, 5) is 45.8. The molecule has 0 spiro atoms. The van der Waals surface area contributed by atoms with Crippen molar-refractivity contribution in [2.45, 2.75) is 31.6 Å². The number of carbonyl (C=O) groups excluding carboxylic acids is 1. The van der Waals surface area contributed by atoms with Crippen LogP contribution < -0.4 is 16.6 Å². The monoisotopic (exact) mass is 416 g/mol. The minimum Gasteiger partial charge on any atom is -0.480 e. The zero-order chi connectivity index (χ0) is 21.1. The molecule has 0 fully saturated rings. The highest BCUT2D eigenvalue weighted by Crippen LogP contribution is 2.24. The summed E-state index contributed by atoms with van der Waals surface area (Å²) in [5.74, 6) is -1.61. The summed E-state index contributed by atoms with van der Waals surface area (Å²) in [6.07, 6.45) is 0. The number of fused-ring (bicyclic) bond motifs is 1. The molecule has 0 aliphatic rings. The number of hydrogen-bond donors (Lipinski definition) is 4. The molecule has 1 aromatic carbocycles. The van der Waals surface area contributed by atoms with Gasteiger partial charge in [0.15, 0.2) is 16.3 Å². The number of hydrogen-bond acceptors (Lipinski definition) is 7. The number of nitrogen functional groups attached to an aromatic ring is 1. The van der Waals surface area contributed by atoms with E-state index in [9.17, 15) is 19.5 Å². The standard InChI is InChI=1S/C18H20N6O4S/c1-9-3-5-11(6-4-9)7-24-14-13(15(26)23-17(19)22-14)21-18(24)29-8-12(16(27)28)20-10(2)25/h3-6,12H,7-8H2,1-2H3,(H,20,25)(H,27,28)(H3,19,22,23,26)/t12-/m0/s1. The molecule has 0 aliphatic heterocycles. The predicted molar refractivity (Wildman–Crippen MR) is 109 cm³/mol. The van der Waals surface area contributed by atoms with Gasteiger partial charge in [-0.05, 0) is 12.5 Å². The van der Waals surface area contributed by atoms with Crippen LogP contribution in [-0.2, 0) is 16.1 Å². The van der Waals surface area contributed by atoms with Crippen molar-refractivity contribution in [2.75, 3.05) is 11.5 Å². The molecule has 3 rings (SSSR count). The largest absolute Gasteiger partial charge is 0.480 e. The highest BCUT2D eigenvalue weighted by atomic mass is 32.2. The van der Waals surface area contributed by atoms with Crippen LogP contribution in [0.2, 0.25) is 0 Å². The van der Waals surface area contributed by atoms with Crippen LogP contribution in [0.1, 0.15) is 18.1 Å². The third-order valence-electron chi connectivity index (χ3n) is 4.10. The van der Waals surface area contributed by atoms with Crippen LogP contribution in [0.4, 0.5) is 5.95 Å². The minimum absolute atomic E-state index is 0.0273. The van der Waals surface area contributed by atoms with E-state index >= 15 is 0 Å². The van der Waals surface area contributed by atoms with Crippen molar-refractivity contribution in [3.8, 4) is 0 Å². The number of benzene rings is 1. The number of carboxylic acids is 1. The van der Waals surface area contributed by atoms with E-state index in [1.54, 1.807) is 4.57 Å². The van der Waals surface area contributed by atoms with E-state index in [4.69, 9.17) is 5.73 Å². The second kappa shape index (κ2) is 8.35. The van der Waals surface area contributed by atoms with E-state index in [0.717, 1.165) is 22.9 Å². The van der Waals surface area contributed by atoms with E-state index in [1.165, 1.54) is 6.92 Å². The third-order valence-corrected chi connectivity index (χ3v) is 5.17. The Morgan fingerprint density at radius 1 is 1.31 bits per heavy atom. The maximum Gasteiger partial charge on any atom is 0.327 e. The van der Waals surface area contributed by atoms with Crippen molar-refractivity contribution < 1.29 is 14.7 Å². The molecule has 0 unspecified atom stereocenters. The molecule has 0 saturated carbocycles. The van der Waals surface area contributed by atoms with Gasteiger partial charge in [-0.1, -0.05) is 41.6 Å². The molecule has 1 atom stereocenters. The number of nitrogens with one attached hydrogen (secondary N) is 2. The first-order valence-corrected chi connectivity index (χ1v) is 9.67. The number of nitrogens with two attached hydrogens (primary N) is 1. The number of H-pyrrole nitrogens is 1. The molecule has 3 aromatic rings. The summed E-state index contributed by atoms with van der Waals surface area (Å²) >= 11 is 1.11. The normalized spacial score (nSPS) is 12.1. The molecule has 2 aromatic heterocycles. The molecule has 0 radical (unpaired) electrons. The Kier molecular flexibility index (Phi) is 5.87. The Balaban J connectivity index is 1.99. The molecule has 152 valence electrons. The van der Waals surface area contributed by atoms with E-state index < -0.39 is 23.5 Å². The summed E-state index contributed by atoms with van der Waals surface area (Å²) in [6, 6.07) is 6.73. The number of rotatable bonds is 7. The average molecular weight is 416 g/mol. The fourth-order valence-corrected chi connectivity index (χ4v) is 3.72. The smallest absolute Gasteiger partial charge is 0.327 e. The maximum absolute atomic E-state index is 12.2. The van der Waals surface area contributed by atoms with Gasteiger partial charge in [-0.15, -0.1) is 0 Å². The Hall–Kier alpha value is -3.34. The fraction of sp³-hybridized carbons (Fsp3) is 0.278. The number of nitrogens with zero attached hydrogens (tertiary/aromatic N) is 3. The quantitative estimate of drug-likeness (QED) is 0.411. The van der Waals surface area contributed by atoms with Gasteiger partial charge < -0.3 is 16.2 Å². The van der Waals surface area contributed by atoms with Crippen molar-refractivity contribution in [1.29, 1.82) is 0 Å². The molecule has 29 heavy (non-hydrogen) atoms. The van der Waals surface area contributed by atoms with Gasteiger partial charge >= 0.3 is 5.97 Å². The second-order valence-electron chi connectivity index (χ2n) is 6.49. The highest BCUT2D eigenvalue weighted by Gasteiger charge is 2.22. The van der Waals surface area contributed by atoms with E-state index in [1.807, 2.05) is 31.2 Å². The van der Waals surface area contributed by atoms with Gasteiger partial charge in [0.05, 0.1) is 6.54 Å². The summed E-state index contributed by atoms with van der Waals surface area (Å²) in [7, 11) is 0. The fourth-order valence-electron chi connectivity index (χ4n) is 2.71. The van der Waals surface area contributed by atoms with Gasteiger partial charge in [0.1, 0.15) is 6.04 Å². The van der Waals surface area contributed by atoms with E-state index in [-0.39, 0.29) is 17.2 Å². The topological polar surface area (TPSA) is 156 Å². The van der Waals surface area contributed by atoms with Gasteiger partial charge in [-0.2, -0.15) is 4.98 Å². The number of aryl methyl sites for hydroxylation is 1.